The quantitative estimate of drug-likeness (QED) is 0.238. The first-order valence-electron chi connectivity index (χ1n) is 12.0. The summed E-state index contributed by atoms with van der Waals surface area (Å²) in [7, 11) is 0. The van der Waals surface area contributed by atoms with Gasteiger partial charge in [-0.2, -0.15) is 0 Å². The Bertz CT molecular complexity index is 955. The van der Waals surface area contributed by atoms with Crippen LogP contribution in [0.15, 0.2) is 22.8 Å². The second kappa shape index (κ2) is 12.8. The summed E-state index contributed by atoms with van der Waals surface area (Å²) in [4.78, 5) is 30.4. The van der Waals surface area contributed by atoms with Crippen molar-refractivity contribution < 1.29 is 29.6 Å². The minimum Gasteiger partial charge on any atom is -0.511 e. The highest BCUT2D eigenvalue weighted by molar-refractivity contribution is 14.1. The lowest BCUT2D eigenvalue weighted by molar-refractivity contribution is -0.142. The van der Waals surface area contributed by atoms with Crippen molar-refractivity contribution in [2.75, 3.05) is 0 Å². The number of cyclic esters (lactones) is 1. The number of halogens is 1. The molecule has 1 aliphatic rings. The topological polar surface area (TPSA) is 117 Å². The Morgan fingerprint density at radius 1 is 1.26 bits per heavy atom. The number of aromatic nitrogens is 1. The number of carbonyl (C=O) groups excluding carboxylic acids is 2. The Labute approximate surface area is 225 Å². The van der Waals surface area contributed by atoms with E-state index in [9.17, 15) is 24.9 Å². The third kappa shape index (κ3) is 8.10. The maximum atomic E-state index is 13.1. The number of aryl methyl sites for hydroxylation is 1. The Morgan fingerprint density at radius 2 is 1.91 bits per heavy atom. The number of aliphatic hydroxyl groups excluding tert-OH is 3. The number of ketones is 1. The van der Waals surface area contributed by atoms with E-state index in [4.69, 9.17) is 4.74 Å². The molecule has 196 valence electrons. The van der Waals surface area contributed by atoms with Crippen LogP contribution in [-0.2, 0) is 14.3 Å². The van der Waals surface area contributed by atoms with E-state index in [1.54, 1.807) is 6.92 Å². The highest BCUT2D eigenvalue weighted by Gasteiger charge is 2.40. The molecule has 3 N–H and O–H groups in total. The van der Waals surface area contributed by atoms with Gasteiger partial charge in [0.2, 0.25) is 0 Å². The summed E-state index contributed by atoms with van der Waals surface area (Å²) in [5, 5.41) is 35.1. The molecule has 2 heterocycles. The van der Waals surface area contributed by atoms with Crippen LogP contribution in [0.4, 0.5) is 0 Å². The van der Waals surface area contributed by atoms with Crippen molar-refractivity contribution in [3.05, 3.63) is 33.5 Å². The van der Waals surface area contributed by atoms with Crippen LogP contribution >= 0.6 is 33.9 Å². The largest absolute Gasteiger partial charge is 0.511 e. The van der Waals surface area contributed by atoms with Crippen molar-refractivity contribution in [2.45, 2.75) is 89.5 Å². The first kappa shape index (κ1) is 29.9. The van der Waals surface area contributed by atoms with Crippen LogP contribution in [0.1, 0.15) is 71.0 Å². The number of carbonyl (C=O) groups is 2. The zero-order chi connectivity index (χ0) is 26.5. The molecule has 0 radical (unpaired) electrons. The maximum Gasteiger partial charge on any atom is 0.334 e. The minimum atomic E-state index is -1.36. The number of Topliss-reactive ketones (excluding diaryl/α,β-unsaturated/α-hetero) is 1. The molecule has 0 saturated heterocycles. The van der Waals surface area contributed by atoms with E-state index in [0.717, 1.165) is 22.4 Å². The van der Waals surface area contributed by atoms with Gasteiger partial charge in [-0.1, -0.05) is 42.9 Å². The molecule has 0 amide bonds. The van der Waals surface area contributed by atoms with E-state index < -0.39 is 41.4 Å². The summed E-state index contributed by atoms with van der Waals surface area (Å²) in [6.45, 7) is 10.4. The monoisotopic (exact) mass is 619 g/mol. The lowest BCUT2D eigenvalue weighted by Crippen LogP contribution is -2.40. The summed E-state index contributed by atoms with van der Waals surface area (Å²) < 4.78 is 5.54. The van der Waals surface area contributed by atoms with Crippen LogP contribution in [-0.4, -0.2) is 54.3 Å². The maximum absolute atomic E-state index is 13.1. The summed E-state index contributed by atoms with van der Waals surface area (Å²) in [6, 6.07) is 0. The Balaban J connectivity index is 2.41. The number of allylic oxidation sites excluding steroid dienone is 1. The van der Waals surface area contributed by atoms with Gasteiger partial charge in [-0.05, 0) is 58.1 Å². The van der Waals surface area contributed by atoms with E-state index >= 15 is 0 Å². The molecule has 1 aliphatic heterocycles. The average Bonchev–Trinajstić information content (AvgIpc) is 3.20. The number of hydrogen-bond donors (Lipinski definition) is 3. The number of rotatable bonds is 2. The van der Waals surface area contributed by atoms with Crippen LogP contribution in [0.5, 0.6) is 0 Å². The summed E-state index contributed by atoms with van der Waals surface area (Å²) >= 11 is 3.71. The van der Waals surface area contributed by atoms with Crippen molar-refractivity contribution in [3.8, 4) is 0 Å². The SMILES string of the molecule is C/C(=C\c1csc(C)n1)[C@@H]1CC(I)[C@H](O)CCCC(C)[C@H](O)C(C)C(=O)C(C)(C)/C(O)=C/C(=O)O1. The molecule has 35 heavy (non-hydrogen) atoms. The van der Waals surface area contributed by atoms with Gasteiger partial charge >= 0.3 is 5.97 Å². The molecule has 0 saturated carbocycles. The molecule has 0 fully saturated rings. The molecule has 2 rings (SSSR count). The van der Waals surface area contributed by atoms with E-state index in [-0.39, 0.29) is 15.6 Å². The molecule has 3 unspecified atom stereocenters. The van der Waals surface area contributed by atoms with Crippen molar-refractivity contribution in [1.29, 1.82) is 0 Å². The summed E-state index contributed by atoms with van der Waals surface area (Å²) in [5.41, 5.74) is 0.175. The lowest BCUT2D eigenvalue weighted by Gasteiger charge is -2.31. The smallest absolute Gasteiger partial charge is 0.334 e. The van der Waals surface area contributed by atoms with E-state index in [0.29, 0.717) is 25.7 Å². The van der Waals surface area contributed by atoms with Gasteiger partial charge in [-0.15, -0.1) is 11.3 Å². The summed E-state index contributed by atoms with van der Waals surface area (Å²) in [5.74, 6) is -2.44. The normalized spacial score (nSPS) is 33.6. The minimum absolute atomic E-state index is 0.159. The average molecular weight is 620 g/mol. The first-order valence-corrected chi connectivity index (χ1v) is 14.1. The second-order valence-corrected chi connectivity index (χ2v) is 12.8. The molecular formula is C26H38INO6S. The number of thiazole rings is 1. The van der Waals surface area contributed by atoms with Gasteiger partial charge in [0.25, 0.3) is 0 Å². The lowest BCUT2D eigenvalue weighted by atomic mass is 9.75. The fourth-order valence-electron chi connectivity index (χ4n) is 4.27. The molecule has 0 bridgehead atoms. The zero-order valence-electron chi connectivity index (χ0n) is 21.3. The zero-order valence-corrected chi connectivity index (χ0v) is 24.3. The summed E-state index contributed by atoms with van der Waals surface area (Å²) in [6.07, 6.45) is 2.90. The first-order chi connectivity index (χ1) is 16.2. The molecule has 1 aromatic rings. The van der Waals surface area contributed by atoms with Gasteiger partial charge in [0.1, 0.15) is 11.9 Å². The van der Waals surface area contributed by atoms with Gasteiger partial charge in [0.05, 0.1) is 34.4 Å². The number of esters is 1. The number of alkyl halides is 1. The molecule has 9 heteroatoms. The van der Waals surface area contributed by atoms with Gasteiger partial charge in [-0.25, -0.2) is 9.78 Å². The van der Waals surface area contributed by atoms with Gasteiger partial charge in [-0.3, -0.25) is 4.79 Å². The van der Waals surface area contributed by atoms with Crippen LogP contribution in [0.3, 0.4) is 0 Å². The Hall–Kier alpha value is -1.30. The standard InChI is InChI=1S/C26H38INO6S/c1-14-8-7-9-20(29)19(27)11-21(15(2)10-18-13-35-17(4)28-18)34-23(31)12-22(30)26(5,6)25(33)16(3)24(14)32/h10,12-14,16,19-21,24,29-30,32H,7-9,11H2,1-6H3/b15-10+,22-12-/t14?,16?,19?,20-,21+,24+/m1/s1. The predicted octanol–water partition coefficient (Wildman–Crippen LogP) is 5.18. The fraction of sp³-hybridized carbons (Fsp3) is 0.654. The third-order valence-electron chi connectivity index (χ3n) is 6.81. The van der Waals surface area contributed by atoms with Crippen LogP contribution < -0.4 is 0 Å². The number of aliphatic hydroxyl groups is 3. The highest BCUT2D eigenvalue weighted by Crippen LogP contribution is 2.33. The number of ether oxygens (including phenoxy) is 1. The van der Waals surface area contributed by atoms with Gasteiger partial charge in [0, 0.05) is 21.6 Å². The fourth-order valence-corrected chi connectivity index (χ4v) is 5.66. The van der Waals surface area contributed by atoms with E-state index in [1.165, 1.54) is 25.2 Å². The van der Waals surface area contributed by atoms with E-state index in [1.807, 2.05) is 32.2 Å². The Morgan fingerprint density at radius 3 is 2.51 bits per heavy atom. The second-order valence-electron chi connectivity index (χ2n) is 10.1. The van der Waals surface area contributed by atoms with Crippen LogP contribution in [0.25, 0.3) is 6.08 Å². The third-order valence-corrected chi connectivity index (χ3v) is 8.94. The molecule has 0 aromatic carbocycles. The van der Waals surface area contributed by atoms with Gasteiger partial charge < -0.3 is 20.1 Å². The molecular weight excluding hydrogens is 581 g/mol. The van der Waals surface area contributed by atoms with Crippen LogP contribution in [0.2, 0.25) is 0 Å². The molecule has 0 aliphatic carbocycles. The Kier molecular flexibility index (Phi) is 10.9. The predicted molar refractivity (Wildman–Crippen MR) is 146 cm³/mol. The molecule has 7 nitrogen and oxygen atoms in total. The van der Waals surface area contributed by atoms with Crippen LogP contribution in [0, 0.1) is 24.2 Å². The molecule has 6 atom stereocenters. The van der Waals surface area contributed by atoms with Crippen molar-refractivity contribution >= 4 is 51.8 Å². The highest BCUT2D eigenvalue weighted by atomic mass is 127. The number of hydrogen-bond acceptors (Lipinski definition) is 8. The molecule has 1 aromatic heterocycles. The number of nitrogens with zero attached hydrogens (tertiary/aromatic N) is 1. The van der Waals surface area contributed by atoms with Gasteiger partial charge in [0.15, 0.2) is 5.78 Å². The molecule has 0 spiro atoms. The van der Waals surface area contributed by atoms with Crippen molar-refractivity contribution in [3.63, 3.8) is 0 Å². The van der Waals surface area contributed by atoms with Crippen molar-refractivity contribution in [2.24, 2.45) is 17.3 Å². The van der Waals surface area contributed by atoms with E-state index in [2.05, 4.69) is 27.6 Å². The van der Waals surface area contributed by atoms with Crippen molar-refractivity contribution in [1.82, 2.24) is 4.98 Å².